The Bertz CT molecular complexity index is 701. The quantitative estimate of drug-likeness (QED) is 0.928. The Morgan fingerprint density at radius 3 is 2.87 bits per heavy atom. The van der Waals surface area contributed by atoms with Crippen molar-refractivity contribution in [1.82, 2.24) is 9.88 Å². The summed E-state index contributed by atoms with van der Waals surface area (Å²) in [5.74, 6) is -1.04. The van der Waals surface area contributed by atoms with Crippen LogP contribution in [0.2, 0.25) is 0 Å². The maximum Gasteiger partial charge on any atom is 0.306 e. The van der Waals surface area contributed by atoms with Crippen molar-refractivity contribution in [3.05, 3.63) is 41.4 Å². The van der Waals surface area contributed by atoms with E-state index in [1.54, 1.807) is 11.1 Å². The molecule has 0 spiro atoms. The van der Waals surface area contributed by atoms with Crippen molar-refractivity contribution < 1.29 is 19.4 Å². The van der Waals surface area contributed by atoms with Crippen LogP contribution in [0.15, 0.2) is 36.5 Å². The van der Waals surface area contributed by atoms with Crippen molar-refractivity contribution in [2.45, 2.75) is 12.5 Å². The number of nitrogens with zero attached hydrogens (tertiary/aromatic N) is 2. The van der Waals surface area contributed by atoms with Crippen LogP contribution in [0.25, 0.3) is 10.6 Å². The first-order chi connectivity index (χ1) is 11.1. The highest BCUT2D eigenvalue weighted by atomic mass is 32.1. The van der Waals surface area contributed by atoms with Crippen LogP contribution in [0, 0.1) is 0 Å². The molecule has 7 heteroatoms. The van der Waals surface area contributed by atoms with Crippen LogP contribution in [-0.4, -0.2) is 52.7 Å². The lowest BCUT2D eigenvalue weighted by molar-refractivity contribution is -0.141. The number of aliphatic carboxylic acids is 1. The van der Waals surface area contributed by atoms with Crippen molar-refractivity contribution in [2.24, 2.45) is 0 Å². The smallest absolute Gasteiger partial charge is 0.306 e. The maximum atomic E-state index is 12.6. The third-order valence-corrected chi connectivity index (χ3v) is 4.60. The van der Waals surface area contributed by atoms with Crippen LogP contribution in [0.3, 0.4) is 0 Å². The Morgan fingerprint density at radius 1 is 1.35 bits per heavy atom. The van der Waals surface area contributed by atoms with Gasteiger partial charge in [0.15, 0.2) is 0 Å². The molecule has 0 bridgehead atoms. The lowest BCUT2D eigenvalue weighted by Gasteiger charge is -2.31. The van der Waals surface area contributed by atoms with E-state index in [0.717, 1.165) is 10.6 Å². The molecule has 1 aliphatic rings. The molecule has 0 saturated carbocycles. The van der Waals surface area contributed by atoms with Gasteiger partial charge >= 0.3 is 5.97 Å². The number of hydrogen-bond donors (Lipinski definition) is 1. The van der Waals surface area contributed by atoms with Crippen LogP contribution in [-0.2, 0) is 9.53 Å². The molecule has 1 amide bonds. The Hall–Kier alpha value is -2.25. The highest BCUT2D eigenvalue weighted by Gasteiger charge is 2.27. The van der Waals surface area contributed by atoms with Crippen LogP contribution in [0.5, 0.6) is 0 Å². The molecule has 120 valence electrons. The number of ether oxygens (including phenoxy) is 1. The number of benzene rings is 1. The largest absolute Gasteiger partial charge is 0.481 e. The van der Waals surface area contributed by atoms with E-state index in [9.17, 15) is 9.59 Å². The van der Waals surface area contributed by atoms with Gasteiger partial charge in [0.25, 0.3) is 5.91 Å². The third kappa shape index (κ3) is 3.75. The molecule has 1 aromatic heterocycles. The van der Waals surface area contributed by atoms with Crippen molar-refractivity contribution in [1.29, 1.82) is 0 Å². The molecular formula is C16H16N2O4S. The van der Waals surface area contributed by atoms with Gasteiger partial charge in [-0.25, -0.2) is 4.98 Å². The molecular weight excluding hydrogens is 316 g/mol. The molecule has 1 saturated heterocycles. The fraction of sp³-hybridized carbons (Fsp3) is 0.312. The minimum absolute atomic E-state index is 0.0955. The zero-order valence-electron chi connectivity index (χ0n) is 12.3. The van der Waals surface area contributed by atoms with E-state index >= 15 is 0 Å². The van der Waals surface area contributed by atoms with Gasteiger partial charge in [-0.05, 0) is 0 Å². The summed E-state index contributed by atoms with van der Waals surface area (Å²) in [4.78, 5) is 29.9. The van der Waals surface area contributed by atoms with Crippen molar-refractivity contribution in [3.8, 4) is 10.6 Å². The van der Waals surface area contributed by atoms with E-state index in [4.69, 9.17) is 9.84 Å². The number of rotatable bonds is 4. The number of hydrogen-bond acceptors (Lipinski definition) is 5. The maximum absolute atomic E-state index is 12.6. The first-order valence-electron chi connectivity index (χ1n) is 7.27. The molecule has 1 N–H and O–H groups in total. The highest BCUT2D eigenvalue weighted by Crippen LogP contribution is 2.26. The van der Waals surface area contributed by atoms with Crippen LogP contribution < -0.4 is 0 Å². The summed E-state index contributed by atoms with van der Waals surface area (Å²) in [7, 11) is 0. The molecule has 1 unspecified atom stereocenters. The predicted molar refractivity (Wildman–Crippen MR) is 85.4 cm³/mol. The van der Waals surface area contributed by atoms with E-state index in [1.165, 1.54) is 11.3 Å². The molecule has 6 nitrogen and oxygen atoms in total. The number of carboxylic acids is 1. The van der Waals surface area contributed by atoms with Crippen LogP contribution >= 0.6 is 11.3 Å². The predicted octanol–water partition coefficient (Wildman–Crippen LogP) is 2.13. The zero-order valence-corrected chi connectivity index (χ0v) is 13.2. The second-order valence-electron chi connectivity index (χ2n) is 5.24. The number of carbonyl (C=O) groups excluding carboxylic acids is 1. The van der Waals surface area contributed by atoms with Crippen LogP contribution in [0.1, 0.15) is 16.1 Å². The van der Waals surface area contributed by atoms with Gasteiger partial charge in [-0.3, -0.25) is 9.59 Å². The Kier molecular flexibility index (Phi) is 4.68. The number of aromatic nitrogens is 1. The number of carboxylic acid groups (broad SMARTS) is 1. The lowest BCUT2D eigenvalue weighted by atomic mass is 10.2. The topological polar surface area (TPSA) is 79.7 Å². The first kappa shape index (κ1) is 15.6. The van der Waals surface area contributed by atoms with Crippen LogP contribution in [0.4, 0.5) is 0 Å². The van der Waals surface area contributed by atoms with E-state index < -0.39 is 12.1 Å². The van der Waals surface area contributed by atoms with Gasteiger partial charge in [0.2, 0.25) is 0 Å². The van der Waals surface area contributed by atoms with Gasteiger partial charge in [0, 0.05) is 18.7 Å². The summed E-state index contributed by atoms with van der Waals surface area (Å²) in [6.07, 6.45) is 1.03. The minimum atomic E-state index is -0.923. The SMILES string of the molecule is O=C(O)CC1CN(C(=O)c2cnc(-c3ccccc3)s2)CCO1. The zero-order chi connectivity index (χ0) is 16.2. The Labute approximate surface area is 137 Å². The van der Waals surface area contributed by atoms with E-state index in [1.807, 2.05) is 30.3 Å². The van der Waals surface area contributed by atoms with E-state index in [-0.39, 0.29) is 12.3 Å². The molecule has 1 atom stereocenters. The molecule has 1 aromatic carbocycles. The number of morpholine rings is 1. The average Bonchev–Trinajstić information content (AvgIpc) is 3.04. The Balaban J connectivity index is 1.71. The molecule has 2 aromatic rings. The second kappa shape index (κ2) is 6.89. The monoisotopic (exact) mass is 332 g/mol. The number of carbonyl (C=O) groups is 2. The average molecular weight is 332 g/mol. The third-order valence-electron chi connectivity index (χ3n) is 3.57. The summed E-state index contributed by atoms with van der Waals surface area (Å²) >= 11 is 1.34. The molecule has 3 rings (SSSR count). The number of thiazole rings is 1. The number of amides is 1. The standard InChI is InChI=1S/C16H16N2O4S/c19-14(20)8-12-10-18(6-7-22-12)16(21)13-9-17-15(23-13)11-4-2-1-3-5-11/h1-5,9,12H,6-8,10H2,(H,19,20). The summed E-state index contributed by atoms with van der Waals surface area (Å²) < 4.78 is 5.39. The summed E-state index contributed by atoms with van der Waals surface area (Å²) in [5.41, 5.74) is 0.974. The molecule has 0 radical (unpaired) electrons. The first-order valence-corrected chi connectivity index (χ1v) is 8.09. The second-order valence-corrected chi connectivity index (χ2v) is 6.27. The highest BCUT2D eigenvalue weighted by molar-refractivity contribution is 7.16. The van der Waals surface area contributed by atoms with Crippen molar-refractivity contribution >= 4 is 23.2 Å². The minimum Gasteiger partial charge on any atom is -0.481 e. The fourth-order valence-corrected chi connectivity index (χ4v) is 3.35. The van der Waals surface area contributed by atoms with Gasteiger partial charge in [-0.1, -0.05) is 30.3 Å². The summed E-state index contributed by atoms with van der Waals surface area (Å²) in [6, 6.07) is 9.68. The Morgan fingerprint density at radius 2 is 2.13 bits per heavy atom. The fourth-order valence-electron chi connectivity index (χ4n) is 2.47. The van der Waals surface area contributed by atoms with Gasteiger partial charge in [0.05, 0.1) is 25.3 Å². The molecule has 23 heavy (non-hydrogen) atoms. The molecule has 0 aliphatic carbocycles. The molecule has 1 fully saturated rings. The van der Waals surface area contributed by atoms with E-state index in [0.29, 0.717) is 24.6 Å². The summed E-state index contributed by atoms with van der Waals surface area (Å²) in [5, 5.41) is 9.64. The van der Waals surface area contributed by atoms with Gasteiger partial charge in [-0.15, -0.1) is 11.3 Å². The van der Waals surface area contributed by atoms with Gasteiger partial charge in [0.1, 0.15) is 9.88 Å². The van der Waals surface area contributed by atoms with E-state index in [2.05, 4.69) is 4.98 Å². The molecule has 1 aliphatic heterocycles. The van der Waals surface area contributed by atoms with Gasteiger partial charge < -0.3 is 14.7 Å². The summed E-state index contributed by atoms with van der Waals surface area (Å²) in [6.45, 7) is 1.12. The van der Waals surface area contributed by atoms with Gasteiger partial charge in [-0.2, -0.15) is 0 Å². The van der Waals surface area contributed by atoms with Crippen molar-refractivity contribution in [3.63, 3.8) is 0 Å². The molecule has 2 heterocycles. The normalized spacial score (nSPS) is 17.9. The lowest BCUT2D eigenvalue weighted by Crippen LogP contribution is -2.46. The van der Waals surface area contributed by atoms with Crippen molar-refractivity contribution in [2.75, 3.05) is 19.7 Å².